The first-order valence-electron chi connectivity index (χ1n) is 11.5. The Hall–Kier alpha value is -3.24. The number of para-hydroxylation sites is 2. The first-order valence-corrected chi connectivity index (χ1v) is 12.9. The molecule has 3 aromatic rings. The van der Waals surface area contributed by atoms with Crippen molar-refractivity contribution in [3.8, 4) is 0 Å². The van der Waals surface area contributed by atoms with Gasteiger partial charge in [0.2, 0.25) is 27.8 Å². The van der Waals surface area contributed by atoms with Crippen molar-refractivity contribution in [1.82, 2.24) is 13.9 Å². The number of imidazole rings is 1. The summed E-state index contributed by atoms with van der Waals surface area (Å²) in [4.78, 5) is 31.9. The summed E-state index contributed by atoms with van der Waals surface area (Å²) < 4.78 is 28.7. The first-order chi connectivity index (χ1) is 16.3. The van der Waals surface area contributed by atoms with Crippen molar-refractivity contribution in [3.63, 3.8) is 0 Å². The van der Waals surface area contributed by atoms with Crippen LogP contribution >= 0.6 is 0 Å². The van der Waals surface area contributed by atoms with Crippen molar-refractivity contribution in [2.24, 2.45) is 5.92 Å². The van der Waals surface area contributed by atoms with E-state index in [0.29, 0.717) is 31.3 Å². The number of rotatable bonds is 8. The molecule has 1 atom stereocenters. The Kier molecular flexibility index (Phi) is 6.72. The van der Waals surface area contributed by atoms with E-state index in [-0.39, 0.29) is 29.7 Å². The number of nitrogens with one attached hydrogen (secondary N) is 1. The predicted molar refractivity (Wildman–Crippen MR) is 131 cm³/mol. The van der Waals surface area contributed by atoms with Gasteiger partial charge < -0.3 is 9.47 Å². The number of amides is 2. The van der Waals surface area contributed by atoms with Crippen LogP contribution in [0.15, 0.2) is 53.4 Å². The molecule has 0 spiro atoms. The van der Waals surface area contributed by atoms with E-state index in [9.17, 15) is 18.0 Å². The molecule has 2 amide bonds. The summed E-state index contributed by atoms with van der Waals surface area (Å²) in [5.74, 6) is -0.507. The fourth-order valence-electron chi connectivity index (χ4n) is 4.35. The zero-order chi connectivity index (χ0) is 24.5. The van der Waals surface area contributed by atoms with E-state index in [4.69, 9.17) is 0 Å². The molecule has 10 heteroatoms. The van der Waals surface area contributed by atoms with Gasteiger partial charge in [0.25, 0.3) is 0 Å². The third kappa shape index (κ3) is 4.30. The molecule has 0 bridgehead atoms. The molecule has 1 aromatic heterocycles. The fourth-order valence-corrected chi connectivity index (χ4v) is 5.80. The van der Waals surface area contributed by atoms with Crippen LogP contribution < -0.4 is 10.2 Å². The Morgan fingerprint density at radius 1 is 1.09 bits per heavy atom. The van der Waals surface area contributed by atoms with Gasteiger partial charge in [-0.2, -0.15) is 4.31 Å². The van der Waals surface area contributed by atoms with Crippen molar-refractivity contribution in [2.45, 2.75) is 38.6 Å². The average molecular weight is 484 g/mol. The molecule has 1 N–H and O–H groups in total. The summed E-state index contributed by atoms with van der Waals surface area (Å²) in [5.41, 5.74) is 2.30. The second kappa shape index (κ2) is 9.55. The molecule has 34 heavy (non-hydrogen) atoms. The molecule has 0 unspecified atom stereocenters. The molecule has 1 aliphatic heterocycles. The van der Waals surface area contributed by atoms with Gasteiger partial charge in [0.15, 0.2) is 0 Å². The quantitative estimate of drug-likeness (QED) is 0.530. The van der Waals surface area contributed by atoms with E-state index >= 15 is 0 Å². The number of nitrogens with zero attached hydrogens (tertiary/aromatic N) is 4. The standard InChI is InChI=1S/C24H29N5O4S/c1-4-27(5-2)34(32,33)19-13-11-18(12-14-19)29-16-17(15-22(29)30)23(31)26-24-25-20-9-7-8-10-21(20)28(24)6-3/h7-14,17H,4-6,15-16H2,1-3H3,(H,25,26,31)/t17-/m0/s1. The molecular weight excluding hydrogens is 454 g/mol. The van der Waals surface area contributed by atoms with Crippen molar-refractivity contribution >= 4 is 44.5 Å². The van der Waals surface area contributed by atoms with Gasteiger partial charge in [0.05, 0.1) is 21.8 Å². The number of fused-ring (bicyclic) bond motifs is 1. The van der Waals surface area contributed by atoms with Gasteiger partial charge in [-0.15, -0.1) is 0 Å². The minimum Gasteiger partial charge on any atom is -0.312 e. The fraction of sp³-hybridized carbons (Fsp3) is 0.375. The molecular formula is C24H29N5O4S. The highest BCUT2D eigenvalue weighted by Crippen LogP contribution is 2.28. The van der Waals surface area contributed by atoms with Crippen LogP contribution in [0.4, 0.5) is 11.6 Å². The summed E-state index contributed by atoms with van der Waals surface area (Å²) >= 11 is 0. The van der Waals surface area contributed by atoms with Gasteiger partial charge in [0.1, 0.15) is 0 Å². The normalized spacial score (nSPS) is 16.5. The van der Waals surface area contributed by atoms with E-state index < -0.39 is 15.9 Å². The van der Waals surface area contributed by atoms with Gasteiger partial charge >= 0.3 is 0 Å². The first kappa shape index (κ1) is 23.9. The second-order valence-corrected chi connectivity index (χ2v) is 10.1. The zero-order valence-corrected chi connectivity index (χ0v) is 20.4. The lowest BCUT2D eigenvalue weighted by Crippen LogP contribution is -2.31. The highest BCUT2D eigenvalue weighted by Gasteiger charge is 2.36. The number of anilines is 2. The second-order valence-electron chi connectivity index (χ2n) is 8.15. The maximum Gasteiger partial charge on any atom is 0.243 e. The molecule has 0 radical (unpaired) electrons. The average Bonchev–Trinajstić information content (AvgIpc) is 3.39. The highest BCUT2D eigenvalue weighted by molar-refractivity contribution is 7.89. The number of carbonyl (C=O) groups is 2. The number of aromatic nitrogens is 2. The molecule has 1 fully saturated rings. The minimum absolute atomic E-state index is 0.0810. The summed E-state index contributed by atoms with van der Waals surface area (Å²) in [6.45, 7) is 7.20. The number of benzene rings is 2. The Morgan fingerprint density at radius 3 is 2.41 bits per heavy atom. The lowest BCUT2D eigenvalue weighted by molar-refractivity contribution is -0.122. The van der Waals surface area contributed by atoms with E-state index in [1.807, 2.05) is 35.8 Å². The highest BCUT2D eigenvalue weighted by atomic mass is 32.2. The van der Waals surface area contributed by atoms with Crippen LogP contribution in [-0.2, 0) is 26.2 Å². The van der Waals surface area contributed by atoms with Crippen LogP contribution in [0.1, 0.15) is 27.2 Å². The zero-order valence-electron chi connectivity index (χ0n) is 19.6. The number of carbonyl (C=O) groups excluding carboxylic acids is 2. The van der Waals surface area contributed by atoms with Gasteiger partial charge in [-0.25, -0.2) is 13.4 Å². The Labute approximate surface area is 199 Å². The smallest absolute Gasteiger partial charge is 0.243 e. The van der Waals surface area contributed by atoms with Crippen molar-refractivity contribution in [1.29, 1.82) is 0 Å². The molecule has 0 aliphatic carbocycles. The lowest BCUT2D eigenvalue weighted by Gasteiger charge is -2.20. The van der Waals surface area contributed by atoms with Crippen LogP contribution in [0, 0.1) is 5.92 Å². The minimum atomic E-state index is -3.58. The van der Waals surface area contributed by atoms with Crippen molar-refractivity contribution in [2.75, 3.05) is 29.9 Å². The Bertz CT molecular complexity index is 1310. The Balaban J connectivity index is 1.49. The maximum absolute atomic E-state index is 13.0. The van der Waals surface area contributed by atoms with Gasteiger partial charge in [-0.1, -0.05) is 26.0 Å². The summed E-state index contributed by atoms with van der Waals surface area (Å²) in [5, 5.41) is 2.89. The number of sulfonamides is 1. The molecule has 0 saturated carbocycles. The molecule has 2 heterocycles. The van der Waals surface area contributed by atoms with Crippen molar-refractivity contribution in [3.05, 3.63) is 48.5 Å². The van der Waals surface area contributed by atoms with Crippen molar-refractivity contribution < 1.29 is 18.0 Å². The molecule has 2 aromatic carbocycles. The van der Waals surface area contributed by atoms with E-state index in [1.165, 1.54) is 21.3 Å². The lowest BCUT2D eigenvalue weighted by atomic mass is 10.1. The molecule has 4 rings (SSSR count). The SMILES string of the molecule is CCN(CC)S(=O)(=O)c1ccc(N2C[C@@H](C(=O)Nc3nc4ccccc4n3CC)CC2=O)cc1. The van der Waals surface area contributed by atoms with Gasteiger partial charge in [-0.3, -0.25) is 14.9 Å². The van der Waals surface area contributed by atoms with Crippen LogP contribution in [-0.4, -0.2) is 53.7 Å². The predicted octanol–water partition coefficient (Wildman–Crippen LogP) is 3.08. The molecule has 180 valence electrons. The third-order valence-electron chi connectivity index (χ3n) is 6.19. The molecule has 1 aliphatic rings. The summed E-state index contributed by atoms with van der Waals surface area (Å²) in [6, 6.07) is 13.9. The van der Waals surface area contributed by atoms with Crippen LogP contribution in [0.5, 0.6) is 0 Å². The monoisotopic (exact) mass is 483 g/mol. The summed E-state index contributed by atoms with van der Waals surface area (Å²) in [6.07, 6.45) is 0.0810. The van der Waals surface area contributed by atoms with E-state index in [2.05, 4.69) is 10.3 Å². The van der Waals surface area contributed by atoms with Gasteiger partial charge in [-0.05, 0) is 43.3 Å². The molecule has 9 nitrogen and oxygen atoms in total. The number of aryl methyl sites for hydroxylation is 1. The number of hydrogen-bond donors (Lipinski definition) is 1. The topological polar surface area (TPSA) is 105 Å². The largest absolute Gasteiger partial charge is 0.312 e. The summed E-state index contributed by atoms with van der Waals surface area (Å²) in [7, 11) is -3.58. The maximum atomic E-state index is 13.0. The number of hydrogen-bond acceptors (Lipinski definition) is 5. The van der Waals surface area contributed by atoms with Crippen LogP contribution in [0.2, 0.25) is 0 Å². The van der Waals surface area contributed by atoms with E-state index in [0.717, 1.165) is 11.0 Å². The molecule has 1 saturated heterocycles. The van der Waals surface area contributed by atoms with Crippen LogP contribution in [0.3, 0.4) is 0 Å². The Morgan fingerprint density at radius 2 is 1.76 bits per heavy atom. The van der Waals surface area contributed by atoms with Crippen LogP contribution in [0.25, 0.3) is 11.0 Å². The van der Waals surface area contributed by atoms with E-state index in [1.54, 1.807) is 26.0 Å². The third-order valence-corrected chi connectivity index (χ3v) is 8.26. The van der Waals surface area contributed by atoms with Gasteiger partial charge in [0, 0.05) is 38.3 Å².